The Labute approximate surface area is 96.0 Å². The third kappa shape index (κ3) is 1.60. The van der Waals surface area contributed by atoms with Gasteiger partial charge in [-0.25, -0.2) is 0 Å². The number of hydrogen-bond donors (Lipinski definition) is 1. The van der Waals surface area contributed by atoms with Gasteiger partial charge in [0.05, 0.1) is 5.92 Å². The molecule has 0 aromatic heterocycles. The maximum absolute atomic E-state index is 10.8. The molecule has 0 aromatic rings. The Hall–Kier alpha value is -1.05. The molecule has 2 fully saturated rings. The molecule has 3 rings (SSSR count). The molecule has 16 heavy (non-hydrogen) atoms. The van der Waals surface area contributed by atoms with Crippen molar-refractivity contribution in [2.75, 3.05) is 0 Å². The summed E-state index contributed by atoms with van der Waals surface area (Å²) in [7, 11) is 0. The van der Waals surface area contributed by atoms with Crippen LogP contribution < -0.4 is 0 Å². The number of fused-ring (bicyclic) bond motifs is 2. The summed E-state index contributed by atoms with van der Waals surface area (Å²) in [5.74, 6) is 2.04. The topological polar surface area (TPSA) is 37.3 Å². The summed E-state index contributed by atoms with van der Waals surface area (Å²) in [4.78, 5) is 10.8. The van der Waals surface area contributed by atoms with E-state index >= 15 is 0 Å². The first-order chi connectivity index (χ1) is 7.74. The van der Waals surface area contributed by atoms with Crippen LogP contribution in [0.1, 0.15) is 25.7 Å². The van der Waals surface area contributed by atoms with Gasteiger partial charge in [-0.1, -0.05) is 30.7 Å². The zero-order valence-corrected chi connectivity index (χ0v) is 9.38. The van der Waals surface area contributed by atoms with Crippen LogP contribution in [0.3, 0.4) is 0 Å². The number of carbonyl (C=O) groups is 1. The van der Waals surface area contributed by atoms with Crippen LogP contribution in [-0.2, 0) is 4.79 Å². The van der Waals surface area contributed by atoms with Gasteiger partial charge in [-0.2, -0.15) is 0 Å². The first-order valence-electron chi connectivity index (χ1n) is 6.33. The molecule has 0 spiro atoms. The van der Waals surface area contributed by atoms with Crippen molar-refractivity contribution in [3.8, 4) is 0 Å². The Morgan fingerprint density at radius 2 is 1.81 bits per heavy atom. The van der Waals surface area contributed by atoms with E-state index in [0.717, 1.165) is 17.8 Å². The number of carboxylic acid groups (broad SMARTS) is 1. The number of aliphatic carboxylic acids is 1. The number of allylic oxidation sites excluding steroid dienone is 2. The predicted octanol–water partition coefficient (Wildman–Crippen LogP) is 2.87. The summed E-state index contributed by atoms with van der Waals surface area (Å²) in [5.41, 5.74) is 0. The monoisotopic (exact) mass is 218 g/mol. The van der Waals surface area contributed by atoms with Crippen molar-refractivity contribution in [2.24, 2.45) is 29.6 Å². The molecule has 0 aliphatic heterocycles. The Balaban J connectivity index is 1.68. The van der Waals surface area contributed by atoms with E-state index in [-0.39, 0.29) is 0 Å². The van der Waals surface area contributed by atoms with Gasteiger partial charge in [0, 0.05) is 0 Å². The first-order valence-corrected chi connectivity index (χ1v) is 6.33. The second kappa shape index (κ2) is 3.76. The van der Waals surface area contributed by atoms with Crippen molar-refractivity contribution in [3.05, 3.63) is 24.3 Å². The summed E-state index contributed by atoms with van der Waals surface area (Å²) >= 11 is 0. The minimum absolute atomic E-state index is 0.394. The zero-order valence-electron chi connectivity index (χ0n) is 9.38. The average Bonchev–Trinajstić information content (AvgIpc) is 2.91. The molecule has 1 N–H and O–H groups in total. The van der Waals surface area contributed by atoms with Crippen molar-refractivity contribution in [2.45, 2.75) is 25.7 Å². The van der Waals surface area contributed by atoms with Gasteiger partial charge >= 0.3 is 5.97 Å². The highest BCUT2D eigenvalue weighted by Crippen LogP contribution is 2.51. The second-order valence-corrected chi connectivity index (χ2v) is 5.55. The number of rotatable bonds is 2. The molecular weight excluding hydrogens is 200 g/mol. The quantitative estimate of drug-likeness (QED) is 0.724. The molecule has 0 saturated heterocycles. The largest absolute Gasteiger partial charge is 0.481 e. The Bertz CT molecular complexity index is 342. The fourth-order valence-electron chi connectivity index (χ4n) is 3.84. The SMILES string of the molecule is O=C(O)C1C=CC(C2CC3CCC2C3)C=C1. The van der Waals surface area contributed by atoms with Crippen LogP contribution in [0.5, 0.6) is 0 Å². The lowest BCUT2D eigenvalue weighted by molar-refractivity contribution is -0.138. The van der Waals surface area contributed by atoms with Crippen molar-refractivity contribution in [1.82, 2.24) is 0 Å². The Morgan fingerprint density at radius 1 is 1.06 bits per heavy atom. The van der Waals surface area contributed by atoms with Gasteiger partial charge in [0.25, 0.3) is 0 Å². The average molecular weight is 218 g/mol. The fourth-order valence-corrected chi connectivity index (χ4v) is 3.84. The highest BCUT2D eigenvalue weighted by molar-refractivity contribution is 5.74. The van der Waals surface area contributed by atoms with Crippen molar-refractivity contribution in [3.63, 3.8) is 0 Å². The lowest BCUT2D eigenvalue weighted by atomic mass is 9.77. The van der Waals surface area contributed by atoms with Crippen molar-refractivity contribution < 1.29 is 9.90 Å². The van der Waals surface area contributed by atoms with Crippen LogP contribution in [0.2, 0.25) is 0 Å². The van der Waals surface area contributed by atoms with Crippen molar-refractivity contribution in [1.29, 1.82) is 0 Å². The molecule has 0 aromatic carbocycles. The van der Waals surface area contributed by atoms with E-state index in [2.05, 4.69) is 12.2 Å². The predicted molar refractivity (Wildman–Crippen MR) is 61.8 cm³/mol. The van der Waals surface area contributed by atoms with E-state index in [1.54, 1.807) is 0 Å². The van der Waals surface area contributed by atoms with Gasteiger partial charge < -0.3 is 5.11 Å². The standard InChI is InChI=1S/C14H18O2/c15-14(16)11-5-3-10(4-6-11)13-8-9-1-2-12(13)7-9/h3-6,9-13H,1-2,7-8H2,(H,15,16). The van der Waals surface area contributed by atoms with Crippen LogP contribution in [0.25, 0.3) is 0 Å². The van der Waals surface area contributed by atoms with Gasteiger partial charge in [-0.3, -0.25) is 4.79 Å². The molecule has 0 radical (unpaired) electrons. The third-order valence-electron chi connectivity index (χ3n) is 4.65. The zero-order chi connectivity index (χ0) is 11.1. The van der Waals surface area contributed by atoms with Gasteiger partial charge in [0.2, 0.25) is 0 Å². The van der Waals surface area contributed by atoms with Gasteiger partial charge in [0.1, 0.15) is 0 Å². The highest BCUT2D eigenvalue weighted by atomic mass is 16.4. The summed E-state index contributed by atoms with van der Waals surface area (Å²) in [6, 6.07) is 0. The van der Waals surface area contributed by atoms with Crippen LogP contribution in [0.15, 0.2) is 24.3 Å². The summed E-state index contributed by atoms with van der Waals surface area (Å²) in [6.45, 7) is 0. The maximum Gasteiger partial charge on any atom is 0.314 e. The second-order valence-electron chi connectivity index (χ2n) is 5.55. The van der Waals surface area contributed by atoms with Crippen LogP contribution >= 0.6 is 0 Å². The molecule has 3 unspecified atom stereocenters. The lowest BCUT2D eigenvalue weighted by Gasteiger charge is -2.28. The van der Waals surface area contributed by atoms with E-state index in [0.29, 0.717) is 5.92 Å². The van der Waals surface area contributed by atoms with Crippen LogP contribution in [0, 0.1) is 29.6 Å². The smallest absolute Gasteiger partial charge is 0.314 e. The molecule has 2 bridgehead atoms. The molecule has 3 aliphatic carbocycles. The lowest BCUT2D eigenvalue weighted by Crippen LogP contribution is -2.21. The van der Waals surface area contributed by atoms with Crippen LogP contribution in [0.4, 0.5) is 0 Å². The Morgan fingerprint density at radius 3 is 2.31 bits per heavy atom. The Kier molecular flexibility index (Phi) is 2.38. The van der Waals surface area contributed by atoms with E-state index in [1.165, 1.54) is 25.7 Å². The third-order valence-corrected chi connectivity index (χ3v) is 4.65. The van der Waals surface area contributed by atoms with E-state index in [1.807, 2.05) is 12.2 Å². The molecule has 3 aliphatic rings. The summed E-state index contributed by atoms with van der Waals surface area (Å²) < 4.78 is 0. The van der Waals surface area contributed by atoms with Crippen LogP contribution in [-0.4, -0.2) is 11.1 Å². The molecule has 0 amide bonds. The van der Waals surface area contributed by atoms with Gasteiger partial charge in [-0.15, -0.1) is 0 Å². The normalized spacial score (nSPS) is 45.1. The molecule has 2 saturated carbocycles. The van der Waals surface area contributed by atoms with E-state index in [9.17, 15) is 4.79 Å². The van der Waals surface area contributed by atoms with Gasteiger partial charge in [-0.05, 0) is 42.9 Å². The van der Waals surface area contributed by atoms with E-state index < -0.39 is 11.9 Å². The van der Waals surface area contributed by atoms with Gasteiger partial charge in [0.15, 0.2) is 0 Å². The number of carboxylic acids is 1. The molecule has 2 heteroatoms. The minimum atomic E-state index is -0.737. The summed E-state index contributed by atoms with van der Waals surface area (Å²) in [6.07, 6.45) is 13.6. The fraction of sp³-hybridized carbons (Fsp3) is 0.643. The summed E-state index contributed by atoms with van der Waals surface area (Å²) in [5, 5.41) is 8.89. The molecular formula is C14H18O2. The highest BCUT2D eigenvalue weighted by Gasteiger charge is 2.42. The maximum atomic E-state index is 10.8. The van der Waals surface area contributed by atoms with Crippen molar-refractivity contribution >= 4 is 5.97 Å². The molecule has 2 nitrogen and oxygen atoms in total. The number of hydrogen-bond acceptors (Lipinski definition) is 1. The minimum Gasteiger partial charge on any atom is -0.481 e. The molecule has 0 heterocycles. The first kappa shape index (κ1) is 10.1. The molecule has 3 atom stereocenters. The molecule has 86 valence electrons. The van der Waals surface area contributed by atoms with E-state index in [4.69, 9.17) is 5.11 Å².